The van der Waals surface area contributed by atoms with Crippen molar-refractivity contribution in [1.82, 2.24) is 0 Å². The molecule has 3 N–H and O–H groups in total. The van der Waals surface area contributed by atoms with Gasteiger partial charge in [0.2, 0.25) is 0 Å². The molecule has 1 unspecified atom stereocenters. The number of ether oxygens (including phenoxy) is 1. The minimum atomic E-state index is 0.117. The van der Waals surface area contributed by atoms with E-state index in [-0.39, 0.29) is 11.8 Å². The fraction of sp³-hybridized carbons (Fsp3) is 0.250. The largest absolute Gasteiger partial charge is 0.508 e. The standard InChI is InChI=1S/C16H17NO3/c1-20-16-8-5-10(9-15(16)19)17-13-7-6-12-11(13)3-2-4-14(12)18/h2-5,8-9,13,17-19H,6-7H2,1H3. The molecule has 0 heterocycles. The average Bonchev–Trinajstić information content (AvgIpc) is 2.84. The lowest BCUT2D eigenvalue weighted by molar-refractivity contribution is 0.373. The highest BCUT2D eigenvalue weighted by Gasteiger charge is 2.24. The molecule has 0 bridgehead atoms. The molecule has 0 radical (unpaired) electrons. The quantitative estimate of drug-likeness (QED) is 0.802. The molecule has 20 heavy (non-hydrogen) atoms. The lowest BCUT2D eigenvalue weighted by atomic mass is 10.1. The van der Waals surface area contributed by atoms with Gasteiger partial charge in [-0.1, -0.05) is 12.1 Å². The lowest BCUT2D eigenvalue weighted by Gasteiger charge is -2.16. The van der Waals surface area contributed by atoms with Crippen LogP contribution >= 0.6 is 0 Å². The van der Waals surface area contributed by atoms with E-state index in [0.29, 0.717) is 11.5 Å². The van der Waals surface area contributed by atoms with Gasteiger partial charge in [0.05, 0.1) is 13.2 Å². The van der Waals surface area contributed by atoms with E-state index in [2.05, 4.69) is 5.32 Å². The SMILES string of the molecule is COc1ccc(NC2CCc3c(O)cccc32)cc1O. The van der Waals surface area contributed by atoms with Crippen molar-refractivity contribution in [3.63, 3.8) is 0 Å². The third-order valence-electron chi connectivity index (χ3n) is 3.77. The van der Waals surface area contributed by atoms with Gasteiger partial charge in [-0.3, -0.25) is 0 Å². The summed E-state index contributed by atoms with van der Waals surface area (Å²) in [5.41, 5.74) is 2.98. The number of rotatable bonds is 3. The molecule has 0 aliphatic heterocycles. The van der Waals surface area contributed by atoms with E-state index in [1.807, 2.05) is 18.2 Å². The predicted octanol–water partition coefficient (Wildman–Crippen LogP) is 3.21. The third-order valence-corrected chi connectivity index (χ3v) is 3.77. The summed E-state index contributed by atoms with van der Waals surface area (Å²) in [4.78, 5) is 0. The van der Waals surface area contributed by atoms with Crippen LogP contribution in [0.3, 0.4) is 0 Å². The van der Waals surface area contributed by atoms with Gasteiger partial charge in [-0.2, -0.15) is 0 Å². The number of hydrogen-bond acceptors (Lipinski definition) is 4. The highest BCUT2D eigenvalue weighted by Crippen LogP contribution is 2.39. The van der Waals surface area contributed by atoms with Crippen molar-refractivity contribution in [3.05, 3.63) is 47.5 Å². The van der Waals surface area contributed by atoms with Crippen LogP contribution in [0.4, 0.5) is 5.69 Å². The van der Waals surface area contributed by atoms with E-state index >= 15 is 0 Å². The van der Waals surface area contributed by atoms with E-state index in [4.69, 9.17) is 4.74 Å². The van der Waals surface area contributed by atoms with Crippen LogP contribution in [-0.4, -0.2) is 17.3 Å². The molecular formula is C16H17NO3. The number of benzene rings is 2. The number of aromatic hydroxyl groups is 2. The maximum atomic E-state index is 9.84. The molecule has 3 rings (SSSR count). The summed E-state index contributed by atoms with van der Waals surface area (Å²) in [6.45, 7) is 0. The first kappa shape index (κ1) is 12.7. The average molecular weight is 271 g/mol. The molecule has 0 amide bonds. The van der Waals surface area contributed by atoms with E-state index in [9.17, 15) is 10.2 Å². The van der Waals surface area contributed by atoms with Gasteiger partial charge in [-0.15, -0.1) is 0 Å². The summed E-state index contributed by atoms with van der Waals surface area (Å²) < 4.78 is 5.03. The van der Waals surface area contributed by atoms with Gasteiger partial charge >= 0.3 is 0 Å². The van der Waals surface area contributed by atoms with Crippen molar-refractivity contribution in [1.29, 1.82) is 0 Å². The highest BCUT2D eigenvalue weighted by atomic mass is 16.5. The van der Waals surface area contributed by atoms with E-state index < -0.39 is 0 Å². The van der Waals surface area contributed by atoms with Crippen molar-refractivity contribution in [3.8, 4) is 17.2 Å². The van der Waals surface area contributed by atoms with E-state index in [1.165, 1.54) is 7.11 Å². The number of anilines is 1. The van der Waals surface area contributed by atoms with E-state index in [0.717, 1.165) is 29.7 Å². The molecule has 1 atom stereocenters. The predicted molar refractivity (Wildman–Crippen MR) is 77.5 cm³/mol. The topological polar surface area (TPSA) is 61.7 Å². The molecule has 2 aromatic rings. The first-order valence-corrected chi connectivity index (χ1v) is 6.63. The van der Waals surface area contributed by atoms with Gasteiger partial charge in [0.15, 0.2) is 11.5 Å². The van der Waals surface area contributed by atoms with Crippen molar-refractivity contribution in [2.45, 2.75) is 18.9 Å². The summed E-state index contributed by atoms with van der Waals surface area (Å²) >= 11 is 0. The zero-order chi connectivity index (χ0) is 14.1. The van der Waals surface area contributed by atoms with Crippen LogP contribution in [0.2, 0.25) is 0 Å². The first-order chi connectivity index (χ1) is 9.69. The molecule has 0 fully saturated rings. The molecule has 0 aromatic heterocycles. The summed E-state index contributed by atoms with van der Waals surface area (Å²) in [6.07, 6.45) is 1.79. The molecular weight excluding hydrogens is 254 g/mol. The van der Waals surface area contributed by atoms with Crippen molar-refractivity contribution in [2.24, 2.45) is 0 Å². The number of nitrogens with one attached hydrogen (secondary N) is 1. The highest BCUT2D eigenvalue weighted by molar-refractivity contribution is 5.56. The molecule has 1 aliphatic carbocycles. The van der Waals surface area contributed by atoms with Crippen LogP contribution < -0.4 is 10.1 Å². The number of phenolic OH excluding ortho intramolecular Hbond substituents is 2. The molecule has 1 aliphatic rings. The maximum absolute atomic E-state index is 9.84. The summed E-state index contributed by atoms with van der Waals surface area (Å²) in [6, 6.07) is 11.0. The van der Waals surface area contributed by atoms with Crippen molar-refractivity contribution >= 4 is 5.69 Å². The maximum Gasteiger partial charge on any atom is 0.160 e. The second-order valence-corrected chi connectivity index (χ2v) is 4.97. The lowest BCUT2D eigenvalue weighted by Crippen LogP contribution is -2.06. The Labute approximate surface area is 117 Å². The molecule has 4 nitrogen and oxygen atoms in total. The molecule has 2 aromatic carbocycles. The number of methoxy groups -OCH3 is 1. The molecule has 0 saturated heterocycles. The number of hydrogen-bond donors (Lipinski definition) is 3. The minimum absolute atomic E-state index is 0.117. The van der Waals surface area contributed by atoms with Gasteiger partial charge < -0.3 is 20.3 Å². The van der Waals surface area contributed by atoms with Gasteiger partial charge in [-0.25, -0.2) is 0 Å². The fourth-order valence-corrected chi connectivity index (χ4v) is 2.77. The Balaban J connectivity index is 1.84. The van der Waals surface area contributed by atoms with Crippen molar-refractivity contribution in [2.75, 3.05) is 12.4 Å². The third kappa shape index (κ3) is 2.13. The number of fused-ring (bicyclic) bond motifs is 1. The Morgan fingerprint density at radius 2 is 2.00 bits per heavy atom. The molecule has 0 spiro atoms. The second-order valence-electron chi connectivity index (χ2n) is 4.97. The van der Waals surface area contributed by atoms with Crippen molar-refractivity contribution < 1.29 is 14.9 Å². The fourth-order valence-electron chi connectivity index (χ4n) is 2.77. The normalized spacial score (nSPS) is 16.8. The summed E-state index contributed by atoms with van der Waals surface area (Å²) in [5.74, 6) is 0.941. The summed E-state index contributed by atoms with van der Waals surface area (Å²) in [7, 11) is 1.53. The second kappa shape index (κ2) is 4.96. The Bertz CT molecular complexity index is 640. The first-order valence-electron chi connectivity index (χ1n) is 6.63. The Hall–Kier alpha value is -2.36. The van der Waals surface area contributed by atoms with Gasteiger partial charge in [0.1, 0.15) is 5.75 Å². The monoisotopic (exact) mass is 271 g/mol. The van der Waals surface area contributed by atoms with Gasteiger partial charge in [-0.05, 0) is 42.2 Å². The molecule has 104 valence electrons. The van der Waals surface area contributed by atoms with Crippen LogP contribution in [-0.2, 0) is 6.42 Å². The summed E-state index contributed by atoms with van der Waals surface area (Å²) in [5, 5.41) is 23.0. The Morgan fingerprint density at radius 3 is 2.75 bits per heavy atom. The van der Waals surface area contributed by atoms with E-state index in [1.54, 1.807) is 18.2 Å². The van der Waals surface area contributed by atoms with Gasteiger partial charge in [0.25, 0.3) is 0 Å². The molecule has 0 saturated carbocycles. The zero-order valence-corrected chi connectivity index (χ0v) is 11.3. The zero-order valence-electron chi connectivity index (χ0n) is 11.3. The number of phenols is 2. The van der Waals surface area contributed by atoms with Crippen LogP contribution in [0.25, 0.3) is 0 Å². The van der Waals surface area contributed by atoms with Crippen LogP contribution in [0, 0.1) is 0 Å². The Kier molecular flexibility index (Phi) is 3.14. The van der Waals surface area contributed by atoms with Crippen LogP contribution in [0.15, 0.2) is 36.4 Å². The smallest absolute Gasteiger partial charge is 0.160 e. The van der Waals surface area contributed by atoms with Gasteiger partial charge in [0, 0.05) is 11.8 Å². The van der Waals surface area contributed by atoms with Crippen LogP contribution in [0.1, 0.15) is 23.6 Å². The molecule has 4 heteroatoms. The Morgan fingerprint density at radius 1 is 1.15 bits per heavy atom. The van der Waals surface area contributed by atoms with Crippen LogP contribution in [0.5, 0.6) is 17.2 Å². The minimum Gasteiger partial charge on any atom is -0.508 e.